The van der Waals surface area contributed by atoms with Gasteiger partial charge >= 0.3 is 5.97 Å². The second-order valence-corrected chi connectivity index (χ2v) is 8.11. The van der Waals surface area contributed by atoms with Crippen molar-refractivity contribution >= 4 is 29.3 Å². The van der Waals surface area contributed by atoms with E-state index in [0.717, 1.165) is 24.2 Å². The lowest BCUT2D eigenvalue weighted by molar-refractivity contribution is -0.132. The van der Waals surface area contributed by atoms with Crippen molar-refractivity contribution in [2.75, 3.05) is 32.7 Å². The number of halogens is 1. The van der Waals surface area contributed by atoms with Gasteiger partial charge < -0.3 is 9.64 Å². The van der Waals surface area contributed by atoms with Crippen molar-refractivity contribution in [3.05, 3.63) is 64.2 Å². The lowest BCUT2D eigenvalue weighted by Gasteiger charge is -2.34. The van der Waals surface area contributed by atoms with Crippen molar-refractivity contribution in [2.24, 2.45) is 0 Å². The maximum absolute atomic E-state index is 12.5. The zero-order chi connectivity index (χ0) is 21.1. The van der Waals surface area contributed by atoms with Crippen LogP contribution < -0.4 is 4.74 Å². The van der Waals surface area contributed by atoms with Crippen molar-refractivity contribution in [3.63, 3.8) is 0 Å². The van der Waals surface area contributed by atoms with Crippen LogP contribution in [0, 0.1) is 0 Å². The number of amides is 1. The summed E-state index contributed by atoms with van der Waals surface area (Å²) in [5.74, 6) is 0.361. The fourth-order valence-corrected chi connectivity index (χ4v) is 3.92. The fraction of sp³-hybridized carbons (Fsp3) is 0.348. The first-order chi connectivity index (χ1) is 14.5. The highest BCUT2D eigenvalue weighted by atomic mass is 35.5. The summed E-state index contributed by atoms with van der Waals surface area (Å²) in [5.41, 5.74) is 2.36. The van der Waals surface area contributed by atoms with Gasteiger partial charge in [0.2, 0.25) is 5.91 Å². The maximum atomic E-state index is 12.5. The van der Waals surface area contributed by atoms with Gasteiger partial charge in [-0.1, -0.05) is 35.9 Å². The van der Waals surface area contributed by atoms with E-state index in [1.165, 1.54) is 0 Å². The van der Waals surface area contributed by atoms with E-state index in [1.807, 2.05) is 17.0 Å². The Kier molecular flexibility index (Phi) is 6.16. The Morgan fingerprint density at radius 2 is 1.73 bits per heavy atom. The molecule has 0 N–H and O–H groups in total. The topological polar surface area (TPSA) is 66.9 Å². The zero-order valence-electron chi connectivity index (χ0n) is 16.6. The minimum absolute atomic E-state index is 0.0296. The van der Waals surface area contributed by atoms with E-state index in [4.69, 9.17) is 16.3 Å². The summed E-state index contributed by atoms with van der Waals surface area (Å²) in [4.78, 5) is 40.5. The van der Waals surface area contributed by atoms with E-state index >= 15 is 0 Å². The van der Waals surface area contributed by atoms with E-state index in [1.54, 1.807) is 30.3 Å². The molecule has 6 nitrogen and oxygen atoms in total. The molecule has 1 amide bonds. The van der Waals surface area contributed by atoms with Gasteiger partial charge in [0.15, 0.2) is 5.78 Å². The average Bonchev–Trinajstić information content (AvgIpc) is 3.13. The number of carbonyl (C=O) groups is 3. The lowest BCUT2D eigenvalue weighted by atomic mass is 10.0. The Morgan fingerprint density at radius 1 is 1.00 bits per heavy atom. The lowest BCUT2D eigenvalue weighted by Crippen LogP contribution is -2.49. The number of nitrogens with zero attached hydrogens (tertiary/aromatic N) is 2. The molecule has 2 aromatic carbocycles. The number of Topliss-reactive ketones (excluding diaryl/α,β-unsaturated/α-hetero) is 1. The minimum atomic E-state index is -0.280. The summed E-state index contributed by atoms with van der Waals surface area (Å²) in [6.45, 7) is 3.47. The molecular weight excluding hydrogens is 404 g/mol. The number of ether oxygens (including phenoxy) is 1. The van der Waals surface area contributed by atoms with E-state index < -0.39 is 0 Å². The molecule has 0 aromatic heterocycles. The third-order valence-corrected chi connectivity index (χ3v) is 5.85. The molecule has 7 heteroatoms. The van der Waals surface area contributed by atoms with Gasteiger partial charge in [-0.2, -0.15) is 0 Å². The molecule has 2 heterocycles. The maximum Gasteiger partial charge on any atom is 0.315 e. The van der Waals surface area contributed by atoms with Crippen molar-refractivity contribution in [1.82, 2.24) is 9.80 Å². The second kappa shape index (κ2) is 8.98. The van der Waals surface area contributed by atoms with Crippen molar-refractivity contribution in [2.45, 2.75) is 19.3 Å². The van der Waals surface area contributed by atoms with Crippen molar-refractivity contribution in [3.8, 4) is 5.75 Å². The monoisotopic (exact) mass is 426 g/mol. The van der Waals surface area contributed by atoms with Crippen LogP contribution in [-0.4, -0.2) is 60.2 Å². The Balaban J connectivity index is 1.22. The van der Waals surface area contributed by atoms with Gasteiger partial charge in [0.05, 0.1) is 12.8 Å². The normalized spacial score (nSPS) is 16.3. The molecule has 1 saturated heterocycles. The molecule has 0 aliphatic carbocycles. The summed E-state index contributed by atoms with van der Waals surface area (Å²) in [7, 11) is 0. The third-order valence-electron chi connectivity index (χ3n) is 5.60. The van der Waals surface area contributed by atoms with Gasteiger partial charge in [0, 0.05) is 55.3 Å². The van der Waals surface area contributed by atoms with Crippen molar-refractivity contribution < 1.29 is 19.1 Å². The first-order valence-electron chi connectivity index (χ1n) is 10.1. The summed E-state index contributed by atoms with van der Waals surface area (Å²) >= 11 is 5.89. The number of hydrogen-bond donors (Lipinski definition) is 0. The molecule has 0 bridgehead atoms. The minimum Gasteiger partial charge on any atom is -0.426 e. The molecule has 0 saturated carbocycles. The number of piperazine rings is 1. The van der Waals surface area contributed by atoms with E-state index in [9.17, 15) is 14.4 Å². The van der Waals surface area contributed by atoms with Gasteiger partial charge in [-0.15, -0.1) is 0 Å². The molecule has 156 valence electrons. The van der Waals surface area contributed by atoms with Crippen LogP contribution in [0.15, 0.2) is 42.5 Å². The van der Waals surface area contributed by atoms with E-state index in [2.05, 4.69) is 4.90 Å². The van der Waals surface area contributed by atoms with Crippen LogP contribution >= 0.6 is 11.6 Å². The number of esters is 1. The first-order valence-corrected chi connectivity index (χ1v) is 10.5. The van der Waals surface area contributed by atoms with Gasteiger partial charge in [0.1, 0.15) is 5.75 Å². The number of benzene rings is 2. The van der Waals surface area contributed by atoms with Crippen LogP contribution in [0.5, 0.6) is 5.75 Å². The smallest absolute Gasteiger partial charge is 0.315 e. The first kappa shape index (κ1) is 20.6. The molecule has 0 radical (unpaired) electrons. The second-order valence-electron chi connectivity index (χ2n) is 7.67. The standard InChI is InChI=1S/C23H23ClN2O4/c24-19-5-1-16(2-6-19)13-22(28)26-11-9-25(10-12-26)8-7-20(27)17-3-4-18-15-23(29)30-21(18)14-17/h1-6,14H,7-13,15H2. The number of rotatable bonds is 6. The van der Waals surface area contributed by atoms with E-state index in [0.29, 0.717) is 48.8 Å². The molecule has 1 fully saturated rings. The molecule has 0 atom stereocenters. The van der Waals surface area contributed by atoms with Crippen LogP contribution in [0.1, 0.15) is 27.9 Å². The Hall–Kier alpha value is -2.70. The zero-order valence-corrected chi connectivity index (χ0v) is 17.4. The predicted octanol–water partition coefficient (Wildman–Crippen LogP) is 2.76. The third kappa shape index (κ3) is 4.89. The van der Waals surface area contributed by atoms with Crippen LogP contribution in [0.2, 0.25) is 5.02 Å². The Bertz CT molecular complexity index is 966. The van der Waals surface area contributed by atoms with Gasteiger partial charge in [-0.25, -0.2) is 0 Å². The SMILES string of the molecule is O=C1Cc2ccc(C(=O)CCN3CCN(C(=O)Cc4ccc(Cl)cc4)CC3)cc2O1. The fourth-order valence-electron chi connectivity index (χ4n) is 3.80. The van der Waals surface area contributed by atoms with Gasteiger partial charge in [0.25, 0.3) is 0 Å². The molecule has 4 rings (SSSR count). The predicted molar refractivity (Wildman–Crippen MR) is 113 cm³/mol. The Morgan fingerprint density at radius 3 is 2.47 bits per heavy atom. The Labute approximate surface area is 180 Å². The van der Waals surface area contributed by atoms with Crippen LogP contribution in [0.25, 0.3) is 0 Å². The largest absolute Gasteiger partial charge is 0.426 e. The summed E-state index contributed by atoms with van der Waals surface area (Å²) < 4.78 is 5.13. The highest BCUT2D eigenvalue weighted by Gasteiger charge is 2.23. The molecular formula is C23H23ClN2O4. The summed E-state index contributed by atoms with van der Waals surface area (Å²) in [5, 5.41) is 0.662. The summed E-state index contributed by atoms with van der Waals surface area (Å²) in [6.07, 6.45) is 1.04. The van der Waals surface area contributed by atoms with Crippen LogP contribution in [0.3, 0.4) is 0 Å². The average molecular weight is 427 g/mol. The molecule has 30 heavy (non-hydrogen) atoms. The number of hydrogen-bond acceptors (Lipinski definition) is 5. The molecule has 2 aromatic rings. The number of ketones is 1. The van der Waals surface area contributed by atoms with Gasteiger partial charge in [-0.05, 0) is 23.8 Å². The number of fused-ring (bicyclic) bond motifs is 1. The van der Waals surface area contributed by atoms with Crippen molar-refractivity contribution in [1.29, 1.82) is 0 Å². The highest BCUT2D eigenvalue weighted by molar-refractivity contribution is 6.30. The molecule has 2 aliphatic rings. The molecule has 0 spiro atoms. The van der Waals surface area contributed by atoms with Crippen LogP contribution in [0.4, 0.5) is 0 Å². The van der Waals surface area contributed by atoms with E-state index in [-0.39, 0.29) is 24.1 Å². The van der Waals surface area contributed by atoms with Gasteiger partial charge in [-0.3, -0.25) is 19.3 Å². The molecule has 0 unspecified atom stereocenters. The van der Waals surface area contributed by atoms with Crippen LogP contribution in [-0.2, 0) is 22.4 Å². The number of carbonyl (C=O) groups excluding carboxylic acids is 3. The highest BCUT2D eigenvalue weighted by Crippen LogP contribution is 2.27. The molecule has 2 aliphatic heterocycles. The quantitative estimate of drug-likeness (QED) is 0.403. The summed E-state index contributed by atoms with van der Waals surface area (Å²) in [6, 6.07) is 12.6.